The van der Waals surface area contributed by atoms with Crippen molar-refractivity contribution in [2.75, 3.05) is 54.4 Å². The second kappa shape index (κ2) is 10.8. The number of nitrogens with zero attached hydrogens (tertiary/aromatic N) is 5. The molecule has 1 aromatic heterocycles. The summed E-state index contributed by atoms with van der Waals surface area (Å²) in [6, 6.07) is 11.5. The highest BCUT2D eigenvalue weighted by atomic mass is 15.3. The number of likely N-dealkylation sites (tertiary alicyclic amines) is 1. The molecule has 3 heterocycles. The molecule has 0 saturated carbocycles. The van der Waals surface area contributed by atoms with Gasteiger partial charge in [0.05, 0.1) is 0 Å². The number of anilines is 3. The molecule has 0 bridgehead atoms. The van der Waals surface area contributed by atoms with Gasteiger partial charge < -0.3 is 15.1 Å². The van der Waals surface area contributed by atoms with Crippen LogP contribution in [0.15, 0.2) is 36.5 Å². The van der Waals surface area contributed by atoms with Crippen LogP contribution in [-0.2, 0) is 6.54 Å². The van der Waals surface area contributed by atoms with Gasteiger partial charge in [-0.15, -0.1) is 0 Å². The minimum atomic E-state index is 0.411. The van der Waals surface area contributed by atoms with Crippen molar-refractivity contribution in [2.45, 2.75) is 58.5 Å². The van der Waals surface area contributed by atoms with Crippen LogP contribution in [0.2, 0.25) is 0 Å². The summed E-state index contributed by atoms with van der Waals surface area (Å²) in [5, 5.41) is 3.59. The molecule has 0 aliphatic carbocycles. The van der Waals surface area contributed by atoms with Crippen LogP contribution >= 0.6 is 0 Å². The molecule has 4 rings (SSSR count). The minimum absolute atomic E-state index is 0.411. The molecule has 2 aliphatic rings. The van der Waals surface area contributed by atoms with Crippen molar-refractivity contribution in [1.82, 2.24) is 14.9 Å². The van der Waals surface area contributed by atoms with E-state index in [1.54, 1.807) is 0 Å². The molecule has 1 N–H and O–H groups in total. The Bertz CT molecular complexity index is 796. The molecule has 6 heteroatoms. The second-order valence-electron chi connectivity index (χ2n) is 8.84. The largest absolute Gasteiger partial charge is 0.372 e. The Hall–Kier alpha value is -2.34. The smallest absolute Gasteiger partial charge is 0.224 e. The highest BCUT2D eigenvalue weighted by Crippen LogP contribution is 2.21. The fourth-order valence-corrected chi connectivity index (χ4v) is 4.83. The number of aromatic nitrogens is 2. The highest BCUT2D eigenvalue weighted by Gasteiger charge is 2.23. The molecule has 0 spiro atoms. The molecule has 1 aromatic carbocycles. The quantitative estimate of drug-likeness (QED) is 0.681. The first-order valence-electron chi connectivity index (χ1n) is 12.2. The van der Waals surface area contributed by atoms with Gasteiger partial charge >= 0.3 is 0 Å². The predicted molar refractivity (Wildman–Crippen MR) is 130 cm³/mol. The van der Waals surface area contributed by atoms with E-state index in [1.165, 1.54) is 36.9 Å². The third kappa shape index (κ3) is 5.88. The lowest BCUT2D eigenvalue weighted by Crippen LogP contribution is -2.28. The summed E-state index contributed by atoms with van der Waals surface area (Å²) in [5.74, 6) is 1.85. The minimum Gasteiger partial charge on any atom is -0.372 e. The van der Waals surface area contributed by atoms with Crippen LogP contribution in [0.25, 0.3) is 0 Å². The number of hydrogen-bond acceptors (Lipinski definition) is 6. The summed E-state index contributed by atoms with van der Waals surface area (Å²) in [4.78, 5) is 16.7. The van der Waals surface area contributed by atoms with Crippen molar-refractivity contribution < 1.29 is 0 Å². The molecule has 2 aliphatic heterocycles. The molecule has 0 amide bonds. The van der Waals surface area contributed by atoms with Gasteiger partial charge in [-0.3, -0.25) is 4.90 Å². The molecule has 31 heavy (non-hydrogen) atoms. The Morgan fingerprint density at radius 3 is 2.42 bits per heavy atom. The van der Waals surface area contributed by atoms with E-state index in [9.17, 15) is 0 Å². The van der Waals surface area contributed by atoms with Gasteiger partial charge in [-0.05, 0) is 56.9 Å². The van der Waals surface area contributed by atoms with Crippen LogP contribution in [0.4, 0.5) is 17.5 Å². The third-order valence-corrected chi connectivity index (χ3v) is 6.65. The van der Waals surface area contributed by atoms with Crippen molar-refractivity contribution in [3.8, 4) is 0 Å². The first-order valence-corrected chi connectivity index (χ1v) is 12.2. The zero-order valence-corrected chi connectivity index (χ0v) is 19.3. The van der Waals surface area contributed by atoms with Crippen LogP contribution in [0.5, 0.6) is 0 Å². The van der Waals surface area contributed by atoms with E-state index >= 15 is 0 Å². The maximum absolute atomic E-state index is 4.83. The molecule has 0 radical (unpaired) electrons. The van der Waals surface area contributed by atoms with Crippen molar-refractivity contribution in [3.05, 3.63) is 42.1 Å². The van der Waals surface area contributed by atoms with Crippen molar-refractivity contribution in [3.63, 3.8) is 0 Å². The molecular weight excluding hydrogens is 384 g/mol. The lowest BCUT2D eigenvalue weighted by Gasteiger charge is -2.22. The topological polar surface area (TPSA) is 47.5 Å². The van der Waals surface area contributed by atoms with E-state index < -0.39 is 0 Å². The standard InChI is InChI=1S/C25H38N6/c1-3-30(4-2)23-11-9-21(10-12-23)19-29-18-14-22(20-29)27-25-26-15-13-24(28-25)31-16-7-5-6-8-17-31/h9-13,15,22H,3-8,14,16-20H2,1-2H3,(H,26,27,28). The van der Waals surface area contributed by atoms with Gasteiger partial charge in [0.1, 0.15) is 5.82 Å². The normalized spacial score (nSPS) is 19.9. The van der Waals surface area contributed by atoms with Crippen molar-refractivity contribution >= 4 is 17.5 Å². The zero-order chi connectivity index (χ0) is 21.5. The summed E-state index contributed by atoms with van der Waals surface area (Å²) in [6.45, 7) is 11.9. The van der Waals surface area contributed by atoms with Gasteiger partial charge in [0.15, 0.2) is 0 Å². The average molecular weight is 423 g/mol. The van der Waals surface area contributed by atoms with Gasteiger partial charge in [0, 0.05) is 63.7 Å². The lowest BCUT2D eigenvalue weighted by molar-refractivity contribution is 0.328. The molecule has 2 fully saturated rings. The lowest BCUT2D eigenvalue weighted by atomic mass is 10.2. The predicted octanol–water partition coefficient (Wildman–Crippen LogP) is 4.39. The number of rotatable bonds is 8. The summed E-state index contributed by atoms with van der Waals surface area (Å²) in [7, 11) is 0. The maximum Gasteiger partial charge on any atom is 0.224 e. The summed E-state index contributed by atoms with van der Waals surface area (Å²) in [5.41, 5.74) is 2.70. The van der Waals surface area contributed by atoms with Crippen LogP contribution in [0, 0.1) is 0 Å². The van der Waals surface area contributed by atoms with E-state index in [0.717, 1.165) is 64.0 Å². The van der Waals surface area contributed by atoms with Gasteiger partial charge in [0.2, 0.25) is 5.95 Å². The molecule has 2 aromatic rings. The number of hydrogen-bond donors (Lipinski definition) is 1. The zero-order valence-electron chi connectivity index (χ0n) is 19.3. The Morgan fingerprint density at radius 2 is 1.71 bits per heavy atom. The molecule has 6 nitrogen and oxygen atoms in total. The van der Waals surface area contributed by atoms with E-state index in [-0.39, 0.29) is 0 Å². The SMILES string of the molecule is CCN(CC)c1ccc(CN2CCC(Nc3nccc(N4CCCCCC4)n3)C2)cc1. The van der Waals surface area contributed by atoms with Gasteiger partial charge in [0.25, 0.3) is 0 Å². The fourth-order valence-electron chi connectivity index (χ4n) is 4.83. The summed E-state index contributed by atoms with van der Waals surface area (Å²) >= 11 is 0. The van der Waals surface area contributed by atoms with Crippen LogP contribution in [-0.4, -0.2) is 60.2 Å². The average Bonchev–Trinajstić information content (AvgIpc) is 3.05. The van der Waals surface area contributed by atoms with Gasteiger partial charge in [-0.25, -0.2) is 4.98 Å². The molecule has 1 unspecified atom stereocenters. The second-order valence-corrected chi connectivity index (χ2v) is 8.84. The van der Waals surface area contributed by atoms with E-state index in [0.29, 0.717) is 6.04 Å². The summed E-state index contributed by atoms with van der Waals surface area (Å²) < 4.78 is 0. The Kier molecular flexibility index (Phi) is 7.62. The Morgan fingerprint density at radius 1 is 0.968 bits per heavy atom. The number of benzene rings is 1. The molecule has 168 valence electrons. The maximum atomic E-state index is 4.83. The highest BCUT2D eigenvalue weighted by molar-refractivity contribution is 5.47. The number of nitrogens with one attached hydrogen (secondary N) is 1. The van der Waals surface area contributed by atoms with E-state index in [4.69, 9.17) is 4.98 Å². The van der Waals surface area contributed by atoms with Gasteiger partial charge in [-0.2, -0.15) is 4.98 Å². The molecule has 2 saturated heterocycles. The first-order chi connectivity index (χ1) is 15.2. The van der Waals surface area contributed by atoms with Gasteiger partial charge in [-0.1, -0.05) is 25.0 Å². The fraction of sp³-hybridized carbons (Fsp3) is 0.600. The van der Waals surface area contributed by atoms with Crippen molar-refractivity contribution in [1.29, 1.82) is 0 Å². The molecule has 1 atom stereocenters. The Balaban J connectivity index is 1.30. The third-order valence-electron chi connectivity index (χ3n) is 6.65. The first kappa shape index (κ1) is 21.9. The van der Waals surface area contributed by atoms with Crippen LogP contribution in [0.1, 0.15) is 51.5 Å². The van der Waals surface area contributed by atoms with Crippen LogP contribution < -0.4 is 15.1 Å². The molecular formula is C25H38N6. The van der Waals surface area contributed by atoms with E-state index in [2.05, 4.69) is 69.2 Å². The van der Waals surface area contributed by atoms with Crippen LogP contribution in [0.3, 0.4) is 0 Å². The summed E-state index contributed by atoms with van der Waals surface area (Å²) in [6.07, 6.45) is 8.24. The Labute approximate surface area is 187 Å². The van der Waals surface area contributed by atoms with Crippen molar-refractivity contribution in [2.24, 2.45) is 0 Å². The van der Waals surface area contributed by atoms with E-state index in [1.807, 2.05) is 6.20 Å². The monoisotopic (exact) mass is 422 g/mol.